The SMILES string of the molecule is COC(=O)C(CN1CCCC1(C)C)NC1CC1. The summed E-state index contributed by atoms with van der Waals surface area (Å²) < 4.78 is 4.89. The van der Waals surface area contributed by atoms with Crippen molar-refractivity contribution < 1.29 is 9.53 Å². The van der Waals surface area contributed by atoms with Gasteiger partial charge in [-0.15, -0.1) is 0 Å². The van der Waals surface area contributed by atoms with Crippen molar-refractivity contribution in [2.45, 2.75) is 57.2 Å². The van der Waals surface area contributed by atoms with Gasteiger partial charge >= 0.3 is 5.97 Å². The Labute approximate surface area is 104 Å². The average Bonchev–Trinajstić information content (AvgIpc) is 3.03. The van der Waals surface area contributed by atoms with Gasteiger partial charge < -0.3 is 10.1 Å². The van der Waals surface area contributed by atoms with Crippen LogP contribution in [0.2, 0.25) is 0 Å². The molecule has 0 aromatic heterocycles. The first kappa shape index (κ1) is 12.8. The smallest absolute Gasteiger partial charge is 0.324 e. The van der Waals surface area contributed by atoms with Crippen LogP contribution in [-0.2, 0) is 9.53 Å². The monoisotopic (exact) mass is 240 g/mol. The van der Waals surface area contributed by atoms with Gasteiger partial charge in [0.1, 0.15) is 6.04 Å². The molecule has 0 aromatic rings. The van der Waals surface area contributed by atoms with Gasteiger partial charge in [-0.1, -0.05) is 0 Å². The van der Waals surface area contributed by atoms with Crippen LogP contribution in [0.3, 0.4) is 0 Å². The number of esters is 1. The number of ether oxygens (including phenoxy) is 1. The maximum absolute atomic E-state index is 11.8. The van der Waals surface area contributed by atoms with Crippen LogP contribution in [0.5, 0.6) is 0 Å². The Morgan fingerprint density at radius 2 is 2.24 bits per heavy atom. The maximum atomic E-state index is 11.8. The Morgan fingerprint density at radius 1 is 1.53 bits per heavy atom. The molecule has 1 unspecified atom stereocenters. The van der Waals surface area contributed by atoms with Crippen molar-refractivity contribution in [3.05, 3.63) is 0 Å². The predicted octanol–water partition coefficient (Wildman–Crippen LogP) is 1.15. The van der Waals surface area contributed by atoms with E-state index in [4.69, 9.17) is 4.74 Å². The molecule has 1 aliphatic carbocycles. The summed E-state index contributed by atoms with van der Waals surface area (Å²) in [5.41, 5.74) is 0.220. The summed E-state index contributed by atoms with van der Waals surface area (Å²) >= 11 is 0. The van der Waals surface area contributed by atoms with Gasteiger partial charge in [-0.3, -0.25) is 9.69 Å². The van der Waals surface area contributed by atoms with E-state index < -0.39 is 0 Å². The molecule has 17 heavy (non-hydrogen) atoms. The van der Waals surface area contributed by atoms with E-state index in [0.29, 0.717) is 6.04 Å². The molecular formula is C13H24N2O2. The molecule has 2 fully saturated rings. The molecule has 0 amide bonds. The minimum atomic E-state index is -0.162. The van der Waals surface area contributed by atoms with Crippen molar-refractivity contribution in [3.63, 3.8) is 0 Å². The second-order valence-electron chi connectivity index (χ2n) is 5.88. The number of methoxy groups -OCH3 is 1. The standard InChI is InChI=1S/C13H24N2O2/c1-13(2)7-4-8-15(13)9-11(12(16)17-3)14-10-5-6-10/h10-11,14H,4-9H2,1-3H3. The number of carbonyl (C=O) groups excluding carboxylic acids is 1. The Bertz CT molecular complexity index is 287. The molecule has 1 N–H and O–H groups in total. The van der Waals surface area contributed by atoms with Crippen LogP contribution >= 0.6 is 0 Å². The molecule has 0 radical (unpaired) electrons. The first-order valence-corrected chi connectivity index (χ1v) is 6.62. The number of nitrogens with zero attached hydrogens (tertiary/aromatic N) is 1. The number of hydrogen-bond donors (Lipinski definition) is 1. The molecule has 98 valence electrons. The van der Waals surface area contributed by atoms with Crippen LogP contribution in [0.15, 0.2) is 0 Å². The molecule has 1 heterocycles. The number of hydrogen-bond acceptors (Lipinski definition) is 4. The highest BCUT2D eigenvalue weighted by Gasteiger charge is 2.36. The molecule has 1 saturated heterocycles. The summed E-state index contributed by atoms with van der Waals surface area (Å²) in [4.78, 5) is 14.2. The molecule has 0 aromatic carbocycles. The van der Waals surface area contributed by atoms with Crippen molar-refractivity contribution in [2.24, 2.45) is 0 Å². The van der Waals surface area contributed by atoms with Gasteiger partial charge in [0.05, 0.1) is 7.11 Å². The van der Waals surface area contributed by atoms with Crippen molar-refractivity contribution in [1.29, 1.82) is 0 Å². The third-order valence-electron chi connectivity index (χ3n) is 3.98. The number of nitrogens with one attached hydrogen (secondary N) is 1. The lowest BCUT2D eigenvalue weighted by molar-refractivity contribution is -0.144. The number of carbonyl (C=O) groups is 1. The molecule has 1 saturated carbocycles. The van der Waals surface area contributed by atoms with E-state index in [-0.39, 0.29) is 17.6 Å². The summed E-state index contributed by atoms with van der Waals surface area (Å²) in [6.07, 6.45) is 4.82. The Balaban J connectivity index is 1.93. The lowest BCUT2D eigenvalue weighted by atomic mass is 10.0. The van der Waals surface area contributed by atoms with Crippen LogP contribution in [0.4, 0.5) is 0 Å². The van der Waals surface area contributed by atoms with E-state index in [1.807, 2.05) is 0 Å². The van der Waals surface area contributed by atoms with Crippen molar-refractivity contribution >= 4 is 5.97 Å². The fourth-order valence-electron chi connectivity index (χ4n) is 2.59. The quantitative estimate of drug-likeness (QED) is 0.732. The largest absolute Gasteiger partial charge is 0.468 e. The summed E-state index contributed by atoms with van der Waals surface area (Å²) in [5, 5.41) is 3.39. The minimum absolute atomic E-state index is 0.125. The van der Waals surface area contributed by atoms with Crippen LogP contribution in [0.25, 0.3) is 0 Å². The molecule has 0 bridgehead atoms. The first-order chi connectivity index (χ1) is 8.03. The Kier molecular flexibility index (Phi) is 3.73. The van der Waals surface area contributed by atoms with Gasteiger partial charge in [-0.05, 0) is 46.1 Å². The van der Waals surface area contributed by atoms with Crippen LogP contribution in [0.1, 0.15) is 39.5 Å². The lowest BCUT2D eigenvalue weighted by Gasteiger charge is -2.34. The molecule has 4 nitrogen and oxygen atoms in total. The molecular weight excluding hydrogens is 216 g/mol. The second kappa shape index (κ2) is 4.94. The zero-order valence-corrected chi connectivity index (χ0v) is 11.2. The van der Waals surface area contributed by atoms with Crippen molar-refractivity contribution in [2.75, 3.05) is 20.2 Å². The van der Waals surface area contributed by atoms with E-state index in [1.54, 1.807) is 0 Å². The number of likely N-dealkylation sites (tertiary alicyclic amines) is 1. The highest BCUT2D eigenvalue weighted by Crippen LogP contribution is 2.28. The van der Waals surface area contributed by atoms with Gasteiger partial charge in [0, 0.05) is 18.1 Å². The second-order valence-corrected chi connectivity index (χ2v) is 5.88. The van der Waals surface area contributed by atoms with E-state index in [1.165, 1.54) is 32.8 Å². The lowest BCUT2D eigenvalue weighted by Crippen LogP contribution is -2.51. The minimum Gasteiger partial charge on any atom is -0.468 e. The van der Waals surface area contributed by atoms with E-state index in [9.17, 15) is 4.79 Å². The van der Waals surface area contributed by atoms with E-state index in [2.05, 4.69) is 24.1 Å². The zero-order chi connectivity index (χ0) is 12.5. The summed E-state index contributed by atoms with van der Waals surface area (Å²) in [7, 11) is 1.47. The van der Waals surface area contributed by atoms with Crippen LogP contribution < -0.4 is 5.32 Å². The van der Waals surface area contributed by atoms with Gasteiger partial charge in [-0.2, -0.15) is 0 Å². The van der Waals surface area contributed by atoms with Gasteiger partial charge in [-0.25, -0.2) is 0 Å². The fourth-order valence-corrected chi connectivity index (χ4v) is 2.59. The zero-order valence-electron chi connectivity index (χ0n) is 11.2. The topological polar surface area (TPSA) is 41.6 Å². The third kappa shape index (κ3) is 3.19. The van der Waals surface area contributed by atoms with Gasteiger partial charge in [0.15, 0.2) is 0 Å². The van der Waals surface area contributed by atoms with Gasteiger partial charge in [0.25, 0.3) is 0 Å². The Morgan fingerprint density at radius 3 is 2.71 bits per heavy atom. The fraction of sp³-hybridized carbons (Fsp3) is 0.923. The summed E-state index contributed by atoms with van der Waals surface area (Å²) in [6.45, 7) is 6.37. The first-order valence-electron chi connectivity index (χ1n) is 6.62. The highest BCUT2D eigenvalue weighted by atomic mass is 16.5. The average molecular weight is 240 g/mol. The van der Waals surface area contributed by atoms with Crippen molar-refractivity contribution in [1.82, 2.24) is 10.2 Å². The van der Waals surface area contributed by atoms with Crippen LogP contribution in [-0.4, -0.2) is 48.7 Å². The highest BCUT2D eigenvalue weighted by molar-refractivity contribution is 5.76. The predicted molar refractivity (Wildman–Crippen MR) is 66.8 cm³/mol. The van der Waals surface area contributed by atoms with E-state index in [0.717, 1.165) is 13.1 Å². The Hall–Kier alpha value is -0.610. The maximum Gasteiger partial charge on any atom is 0.324 e. The third-order valence-corrected chi connectivity index (χ3v) is 3.98. The molecule has 2 rings (SSSR count). The van der Waals surface area contributed by atoms with Crippen LogP contribution in [0, 0.1) is 0 Å². The molecule has 2 aliphatic rings. The molecule has 0 spiro atoms. The molecule has 1 aliphatic heterocycles. The van der Waals surface area contributed by atoms with Gasteiger partial charge in [0.2, 0.25) is 0 Å². The normalized spacial score (nSPS) is 25.8. The number of rotatable bonds is 5. The van der Waals surface area contributed by atoms with Crippen molar-refractivity contribution in [3.8, 4) is 0 Å². The summed E-state index contributed by atoms with van der Waals surface area (Å²) in [6, 6.07) is 0.370. The molecule has 1 atom stereocenters. The molecule has 4 heteroatoms. The van der Waals surface area contributed by atoms with E-state index >= 15 is 0 Å². The summed E-state index contributed by atoms with van der Waals surface area (Å²) in [5.74, 6) is -0.125.